The molecule has 43 heavy (non-hydrogen) atoms. The van der Waals surface area contributed by atoms with Gasteiger partial charge in [0.05, 0.1) is 6.42 Å². The summed E-state index contributed by atoms with van der Waals surface area (Å²) >= 11 is 0. The highest BCUT2D eigenvalue weighted by atomic mass is 16.5. The molecule has 3 unspecified atom stereocenters. The zero-order chi connectivity index (χ0) is 30.5. The van der Waals surface area contributed by atoms with E-state index in [0.29, 0.717) is 30.7 Å². The zero-order valence-corrected chi connectivity index (χ0v) is 25.6. The molecule has 0 aliphatic carbocycles. The first-order chi connectivity index (χ1) is 20.8. The van der Waals surface area contributed by atoms with Gasteiger partial charge < -0.3 is 25.4 Å². The van der Waals surface area contributed by atoms with Crippen molar-refractivity contribution in [3.8, 4) is 5.75 Å². The van der Waals surface area contributed by atoms with Gasteiger partial charge in [0, 0.05) is 19.6 Å². The van der Waals surface area contributed by atoms with Crippen LogP contribution in [0.4, 0.5) is 0 Å². The summed E-state index contributed by atoms with van der Waals surface area (Å²) in [6, 6.07) is 27.9. The molecule has 7 heteroatoms. The van der Waals surface area contributed by atoms with Crippen LogP contribution >= 0.6 is 0 Å². The number of hydrogen-bond acceptors (Lipinski definition) is 6. The predicted octanol–water partition coefficient (Wildman–Crippen LogP) is 5.08. The molecule has 7 nitrogen and oxygen atoms in total. The Hall–Kier alpha value is -3.68. The smallest absolute Gasteiger partial charge is 0.307 e. The number of nitrogens with one attached hydrogen (secondary N) is 2. The Morgan fingerprint density at radius 3 is 2.44 bits per heavy atom. The van der Waals surface area contributed by atoms with Gasteiger partial charge >= 0.3 is 5.97 Å². The van der Waals surface area contributed by atoms with Crippen LogP contribution in [-0.4, -0.2) is 61.2 Å². The van der Waals surface area contributed by atoms with Gasteiger partial charge in [-0.15, -0.1) is 0 Å². The maximum atomic E-state index is 12.2. The van der Waals surface area contributed by atoms with Crippen molar-refractivity contribution in [3.63, 3.8) is 0 Å². The number of rotatable bonds is 15. The number of hydrogen-bond donors (Lipinski definition) is 3. The minimum absolute atomic E-state index is 0.0530. The standard InChI is InChI=1S/C36H47N3O4/c1-28-26-39(21-18-36(28,2)32-14-9-15-33(40)23-32)20-17-31(22-29-10-5-3-6-11-29)24-37-19-16-35(42)43-27-34(41)38-25-30-12-7-4-8-13-30/h3-15,23,28,31,37,40H,16-22,24-27H2,1-2H3,(H,38,41). The van der Waals surface area contributed by atoms with Crippen molar-refractivity contribution in [2.45, 2.75) is 51.5 Å². The fourth-order valence-electron chi connectivity index (χ4n) is 5.96. The third-order valence-corrected chi connectivity index (χ3v) is 8.93. The number of phenols is 1. The molecule has 3 atom stereocenters. The molecule has 1 fully saturated rings. The van der Waals surface area contributed by atoms with Crippen molar-refractivity contribution in [1.29, 1.82) is 0 Å². The van der Waals surface area contributed by atoms with Crippen LogP contribution in [0.1, 0.15) is 49.8 Å². The Labute approximate surface area is 256 Å². The maximum absolute atomic E-state index is 12.2. The van der Waals surface area contributed by atoms with Crippen molar-refractivity contribution in [2.75, 3.05) is 39.3 Å². The molecule has 1 aliphatic rings. The van der Waals surface area contributed by atoms with Crippen LogP contribution in [-0.2, 0) is 32.7 Å². The van der Waals surface area contributed by atoms with E-state index in [4.69, 9.17) is 4.74 Å². The van der Waals surface area contributed by atoms with E-state index in [-0.39, 0.29) is 30.3 Å². The molecule has 0 aromatic heterocycles. The van der Waals surface area contributed by atoms with Gasteiger partial charge in [-0.3, -0.25) is 9.59 Å². The van der Waals surface area contributed by atoms with Crippen LogP contribution in [0.2, 0.25) is 0 Å². The number of amides is 1. The van der Waals surface area contributed by atoms with E-state index < -0.39 is 0 Å². The molecule has 1 amide bonds. The van der Waals surface area contributed by atoms with E-state index >= 15 is 0 Å². The van der Waals surface area contributed by atoms with Gasteiger partial charge in [-0.05, 0) is 85.0 Å². The Kier molecular flexibility index (Phi) is 12.2. The minimum atomic E-state index is -0.376. The number of aromatic hydroxyl groups is 1. The van der Waals surface area contributed by atoms with Gasteiger partial charge in [-0.25, -0.2) is 0 Å². The van der Waals surface area contributed by atoms with Crippen molar-refractivity contribution in [2.24, 2.45) is 11.8 Å². The van der Waals surface area contributed by atoms with Gasteiger partial charge in [0.25, 0.3) is 5.91 Å². The number of likely N-dealkylation sites (tertiary alicyclic amines) is 1. The van der Waals surface area contributed by atoms with Crippen LogP contribution in [0.25, 0.3) is 0 Å². The first-order valence-corrected chi connectivity index (χ1v) is 15.5. The van der Waals surface area contributed by atoms with E-state index in [0.717, 1.165) is 51.0 Å². The molecule has 1 heterocycles. The molecule has 1 saturated heterocycles. The fraction of sp³-hybridized carbons (Fsp3) is 0.444. The van der Waals surface area contributed by atoms with Crippen molar-refractivity contribution < 1.29 is 19.4 Å². The molecular weight excluding hydrogens is 538 g/mol. The van der Waals surface area contributed by atoms with Crippen LogP contribution in [0.3, 0.4) is 0 Å². The molecule has 0 radical (unpaired) electrons. The first-order valence-electron chi connectivity index (χ1n) is 15.5. The number of carbonyl (C=O) groups excluding carboxylic acids is 2. The van der Waals surface area contributed by atoms with E-state index in [2.05, 4.69) is 59.7 Å². The highest BCUT2D eigenvalue weighted by molar-refractivity contribution is 5.80. The van der Waals surface area contributed by atoms with Crippen LogP contribution in [0.5, 0.6) is 5.75 Å². The van der Waals surface area contributed by atoms with Gasteiger partial charge in [0.1, 0.15) is 5.75 Å². The highest BCUT2D eigenvalue weighted by Crippen LogP contribution is 2.40. The summed E-state index contributed by atoms with van der Waals surface area (Å²) in [5.41, 5.74) is 3.59. The molecule has 3 aromatic carbocycles. The molecule has 3 N–H and O–H groups in total. The number of ether oxygens (including phenoxy) is 1. The number of nitrogens with zero attached hydrogens (tertiary/aromatic N) is 1. The second kappa shape index (κ2) is 16.2. The topological polar surface area (TPSA) is 90.9 Å². The second-order valence-corrected chi connectivity index (χ2v) is 12.1. The zero-order valence-electron chi connectivity index (χ0n) is 25.6. The summed E-state index contributed by atoms with van der Waals surface area (Å²) < 4.78 is 5.18. The SMILES string of the molecule is CC1CN(CCC(CNCCC(=O)OCC(=O)NCc2ccccc2)Cc2ccccc2)CCC1(C)c1cccc(O)c1. The van der Waals surface area contributed by atoms with Crippen LogP contribution in [0.15, 0.2) is 84.9 Å². The molecule has 230 valence electrons. The Bertz CT molecular complexity index is 1290. The lowest BCUT2D eigenvalue weighted by Crippen LogP contribution is -2.47. The monoisotopic (exact) mass is 585 g/mol. The summed E-state index contributed by atoms with van der Waals surface area (Å²) in [5, 5.41) is 16.3. The normalized spacial score (nSPS) is 19.4. The van der Waals surface area contributed by atoms with Gasteiger partial charge in [0.15, 0.2) is 6.61 Å². The second-order valence-electron chi connectivity index (χ2n) is 12.1. The lowest BCUT2D eigenvalue weighted by atomic mass is 9.68. The maximum Gasteiger partial charge on any atom is 0.307 e. The third kappa shape index (κ3) is 10.2. The van der Waals surface area contributed by atoms with Crippen LogP contribution < -0.4 is 10.6 Å². The lowest BCUT2D eigenvalue weighted by molar-refractivity contribution is -0.148. The van der Waals surface area contributed by atoms with Crippen molar-refractivity contribution >= 4 is 11.9 Å². The number of carbonyl (C=O) groups is 2. The number of esters is 1. The molecule has 0 spiro atoms. The molecule has 3 aromatic rings. The Morgan fingerprint density at radius 1 is 1.02 bits per heavy atom. The van der Waals surface area contributed by atoms with Crippen molar-refractivity contribution in [1.82, 2.24) is 15.5 Å². The third-order valence-electron chi connectivity index (χ3n) is 8.93. The summed E-state index contributed by atoms with van der Waals surface area (Å²) in [7, 11) is 0. The summed E-state index contributed by atoms with van der Waals surface area (Å²) in [6.07, 6.45) is 3.32. The lowest BCUT2D eigenvalue weighted by Gasteiger charge is -2.45. The molecule has 1 aliphatic heterocycles. The van der Waals surface area contributed by atoms with Crippen LogP contribution in [0, 0.1) is 11.8 Å². The Morgan fingerprint density at radius 2 is 1.74 bits per heavy atom. The quantitative estimate of drug-likeness (QED) is 0.170. The molecular formula is C36H47N3O4. The average Bonchev–Trinajstić information content (AvgIpc) is 3.02. The van der Waals surface area contributed by atoms with E-state index in [1.807, 2.05) is 48.5 Å². The molecule has 0 bridgehead atoms. The first kappa shape index (κ1) is 32.2. The minimum Gasteiger partial charge on any atom is -0.508 e. The van der Waals surface area contributed by atoms with Gasteiger partial charge in [-0.1, -0.05) is 86.6 Å². The summed E-state index contributed by atoms with van der Waals surface area (Å²) in [5.74, 6) is 0.556. The van der Waals surface area contributed by atoms with E-state index in [1.165, 1.54) is 11.1 Å². The van der Waals surface area contributed by atoms with Crippen molar-refractivity contribution in [3.05, 3.63) is 102 Å². The average molecular weight is 586 g/mol. The Balaban J connectivity index is 1.19. The van der Waals surface area contributed by atoms with E-state index in [1.54, 1.807) is 6.07 Å². The summed E-state index contributed by atoms with van der Waals surface area (Å²) in [6.45, 7) is 9.22. The number of piperidine rings is 1. The predicted molar refractivity (Wildman–Crippen MR) is 171 cm³/mol. The largest absolute Gasteiger partial charge is 0.508 e. The van der Waals surface area contributed by atoms with E-state index in [9.17, 15) is 14.7 Å². The van der Waals surface area contributed by atoms with Gasteiger partial charge in [0.2, 0.25) is 0 Å². The number of phenolic OH excluding ortho intramolecular Hbond substituents is 1. The molecule has 0 saturated carbocycles. The van der Waals surface area contributed by atoms with Gasteiger partial charge in [-0.2, -0.15) is 0 Å². The number of benzene rings is 3. The molecule has 4 rings (SSSR count). The fourth-order valence-corrected chi connectivity index (χ4v) is 5.96. The summed E-state index contributed by atoms with van der Waals surface area (Å²) in [4.78, 5) is 26.8. The highest BCUT2D eigenvalue weighted by Gasteiger charge is 2.38.